The molecule has 0 amide bonds. The van der Waals surface area contributed by atoms with Crippen LogP contribution in [0, 0.1) is 0 Å². The van der Waals surface area contributed by atoms with Gasteiger partial charge in [-0.1, -0.05) is 23.4 Å². The van der Waals surface area contributed by atoms with Gasteiger partial charge < -0.3 is 0 Å². The van der Waals surface area contributed by atoms with Crippen LogP contribution < -0.4 is 0 Å². The summed E-state index contributed by atoms with van der Waals surface area (Å²) in [4.78, 5) is 10.6. The number of benzene rings is 1. The molecule has 0 aliphatic heterocycles. The average molecular weight is 266 g/mol. The molecule has 1 aromatic carbocycles. The zero-order valence-electron chi connectivity index (χ0n) is 8.01. The molecular formula is C10H8BrN3O. The summed E-state index contributed by atoms with van der Waals surface area (Å²) in [6.45, 7) is 0. The summed E-state index contributed by atoms with van der Waals surface area (Å²) in [5.41, 5.74) is 2.42. The minimum atomic E-state index is 0.639. The second-order valence-electron chi connectivity index (χ2n) is 3.10. The average Bonchev–Trinajstić information content (AvgIpc) is 2.59. The molecule has 0 fully saturated rings. The molecule has 0 aliphatic carbocycles. The first-order valence-corrected chi connectivity index (χ1v) is 5.12. The quantitative estimate of drug-likeness (QED) is 0.781. The van der Waals surface area contributed by atoms with Gasteiger partial charge in [-0.05, 0) is 22.0 Å². The van der Waals surface area contributed by atoms with Crippen molar-refractivity contribution in [2.75, 3.05) is 0 Å². The summed E-state index contributed by atoms with van der Waals surface area (Å²) in [6.07, 6.45) is 0.821. The van der Waals surface area contributed by atoms with Crippen LogP contribution in [0.5, 0.6) is 0 Å². The van der Waals surface area contributed by atoms with Crippen molar-refractivity contribution in [3.63, 3.8) is 0 Å². The predicted octanol–water partition coefficient (Wildman–Crippen LogP) is 2.06. The van der Waals surface area contributed by atoms with E-state index in [9.17, 15) is 4.79 Å². The van der Waals surface area contributed by atoms with E-state index < -0.39 is 0 Å². The summed E-state index contributed by atoms with van der Waals surface area (Å²) in [5, 5.41) is 7.77. The van der Waals surface area contributed by atoms with Gasteiger partial charge in [-0.25, -0.2) is 4.68 Å². The first-order chi connectivity index (χ1) is 7.22. The second-order valence-corrected chi connectivity index (χ2v) is 3.85. The lowest BCUT2D eigenvalue weighted by Gasteiger charge is -2.01. The lowest BCUT2D eigenvalue weighted by atomic mass is 10.1. The van der Waals surface area contributed by atoms with Gasteiger partial charge in [0, 0.05) is 18.2 Å². The molecule has 15 heavy (non-hydrogen) atoms. The first kappa shape index (κ1) is 10.0. The monoisotopic (exact) mass is 265 g/mol. The van der Waals surface area contributed by atoms with Crippen LogP contribution in [-0.4, -0.2) is 21.3 Å². The number of hydrogen-bond donors (Lipinski definition) is 0. The third-order valence-corrected chi connectivity index (χ3v) is 2.62. The first-order valence-electron chi connectivity index (χ1n) is 4.33. The Hall–Kier alpha value is -1.49. The highest BCUT2D eigenvalue weighted by molar-refractivity contribution is 9.10. The lowest BCUT2D eigenvalue weighted by molar-refractivity contribution is 0.112. The predicted molar refractivity (Wildman–Crippen MR) is 59.5 cm³/mol. The van der Waals surface area contributed by atoms with E-state index in [1.165, 1.54) is 0 Å². The molecule has 0 unspecified atom stereocenters. The molecule has 0 saturated carbocycles. The van der Waals surface area contributed by atoms with E-state index in [-0.39, 0.29) is 0 Å². The molecule has 1 heterocycles. The number of nitrogens with zero attached hydrogens (tertiary/aromatic N) is 3. The molecule has 0 radical (unpaired) electrons. The third kappa shape index (κ3) is 1.83. The van der Waals surface area contributed by atoms with Crippen molar-refractivity contribution in [1.82, 2.24) is 15.0 Å². The smallest absolute Gasteiger partial charge is 0.156 e. The molecule has 0 spiro atoms. The molecule has 0 saturated heterocycles. The minimum Gasteiger partial charge on any atom is -0.298 e. The molecule has 2 rings (SSSR count). The summed E-state index contributed by atoms with van der Waals surface area (Å²) in [7, 11) is 1.81. The van der Waals surface area contributed by atoms with Crippen LogP contribution in [0.2, 0.25) is 0 Å². The van der Waals surface area contributed by atoms with Gasteiger partial charge in [0.2, 0.25) is 0 Å². The zero-order valence-corrected chi connectivity index (χ0v) is 9.60. The molecule has 0 aliphatic rings. The molecular weight excluding hydrogens is 258 g/mol. The molecule has 0 N–H and O–H groups in total. The summed E-state index contributed by atoms with van der Waals surface area (Å²) in [6, 6.07) is 7.31. The Kier molecular flexibility index (Phi) is 2.64. The molecule has 4 nitrogen and oxygen atoms in total. The Labute approximate surface area is 95.0 Å². The Morgan fingerprint density at radius 1 is 1.47 bits per heavy atom. The Morgan fingerprint density at radius 3 is 2.87 bits per heavy atom. The van der Waals surface area contributed by atoms with Gasteiger partial charge in [0.15, 0.2) is 4.60 Å². The fraction of sp³-hybridized carbons (Fsp3) is 0.100. The van der Waals surface area contributed by atoms with Crippen LogP contribution >= 0.6 is 15.9 Å². The standard InChI is InChI=1S/C10H8BrN3O/c1-14-9(10(11)12-13-14)8-4-2-3-7(5-8)6-15/h2-6H,1H3. The summed E-state index contributed by atoms with van der Waals surface area (Å²) >= 11 is 3.32. The molecule has 1 aromatic heterocycles. The molecule has 2 aromatic rings. The van der Waals surface area contributed by atoms with Crippen LogP contribution in [0.1, 0.15) is 10.4 Å². The van der Waals surface area contributed by atoms with Crippen LogP contribution in [0.3, 0.4) is 0 Å². The van der Waals surface area contributed by atoms with Crippen molar-refractivity contribution in [2.45, 2.75) is 0 Å². The number of aldehydes is 1. The van der Waals surface area contributed by atoms with Gasteiger partial charge in [0.25, 0.3) is 0 Å². The van der Waals surface area contributed by atoms with Crippen LogP contribution in [0.4, 0.5) is 0 Å². The molecule has 76 valence electrons. The van der Waals surface area contributed by atoms with Crippen molar-refractivity contribution in [3.8, 4) is 11.3 Å². The summed E-state index contributed by atoms with van der Waals surface area (Å²) in [5.74, 6) is 0. The van der Waals surface area contributed by atoms with Gasteiger partial charge in [0.1, 0.15) is 12.0 Å². The van der Waals surface area contributed by atoms with E-state index in [1.54, 1.807) is 23.9 Å². The normalized spacial score (nSPS) is 10.3. The minimum absolute atomic E-state index is 0.639. The van der Waals surface area contributed by atoms with Crippen LogP contribution in [-0.2, 0) is 7.05 Å². The van der Waals surface area contributed by atoms with Gasteiger partial charge in [0.05, 0.1) is 0 Å². The Morgan fingerprint density at radius 2 is 2.27 bits per heavy atom. The third-order valence-electron chi connectivity index (χ3n) is 2.08. The molecule has 5 heteroatoms. The van der Waals surface area contributed by atoms with E-state index in [0.717, 1.165) is 17.5 Å². The number of aromatic nitrogens is 3. The van der Waals surface area contributed by atoms with Crippen LogP contribution in [0.25, 0.3) is 11.3 Å². The lowest BCUT2D eigenvalue weighted by Crippen LogP contribution is -1.94. The second kappa shape index (κ2) is 3.94. The molecule has 0 bridgehead atoms. The zero-order chi connectivity index (χ0) is 10.8. The maximum atomic E-state index is 10.6. The maximum Gasteiger partial charge on any atom is 0.156 e. The van der Waals surface area contributed by atoms with E-state index >= 15 is 0 Å². The van der Waals surface area contributed by atoms with Crippen molar-refractivity contribution >= 4 is 22.2 Å². The molecule has 0 atom stereocenters. The van der Waals surface area contributed by atoms with E-state index in [0.29, 0.717) is 10.2 Å². The Balaban J connectivity index is 2.58. The van der Waals surface area contributed by atoms with Crippen molar-refractivity contribution in [2.24, 2.45) is 7.05 Å². The highest BCUT2D eigenvalue weighted by Gasteiger charge is 2.10. The number of halogens is 1. The van der Waals surface area contributed by atoms with Crippen molar-refractivity contribution in [3.05, 3.63) is 34.4 Å². The number of carbonyl (C=O) groups is 1. The van der Waals surface area contributed by atoms with E-state index in [2.05, 4.69) is 26.2 Å². The highest BCUT2D eigenvalue weighted by Crippen LogP contribution is 2.25. The largest absolute Gasteiger partial charge is 0.298 e. The number of aryl methyl sites for hydroxylation is 1. The van der Waals surface area contributed by atoms with E-state index in [4.69, 9.17) is 0 Å². The van der Waals surface area contributed by atoms with Gasteiger partial charge in [-0.3, -0.25) is 4.79 Å². The van der Waals surface area contributed by atoms with Gasteiger partial charge >= 0.3 is 0 Å². The number of rotatable bonds is 2. The highest BCUT2D eigenvalue weighted by atomic mass is 79.9. The van der Waals surface area contributed by atoms with Crippen LogP contribution in [0.15, 0.2) is 28.9 Å². The van der Waals surface area contributed by atoms with Gasteiger partial charge in [-0.15, -0.1) is 5.10 Å². The van der Waals surface area contributed by atoms with Crippen molar-refractivity contribution < 1.29 is 4.79 Å². The maximum absolute atomic E-state index is 10.6. The summed E-state index contributed by atoms with van der Waals surface area (Å²) < 4.78 is 2.33. The van der Waals surface area contributed by atoms with Crippen molar-refractivity contribution in [1.29, 1.82) is 0 Å². The van der Waals surface area contributed by atoms with E-state index in [1.807, 2.05) is 12.1 Å². The van der Waals surface area contributed by atoms with Gasteiger partial charge in [-0.2, -0.15) is 0 Å². The number of carbonyl (C=O) groups excluding carboxylic acids is 1. The topological polar surface area (TPSA) is 47.8 Å². The fourth-order valence-corrected chi connectivity index (χ4v) is 1.95. The fourth-order valence-electron chi connectivity index (χ4n) is 1.40. The number of hydrogen-bond acceptors (Lipinski definition) is 3. The Bertz CT molecular complexity index is 488. The SMILES string of the molecule is Cn1nnc(Br)c1-c1cccc(C=O)c1.